The number of aromatic hydroxyl groups is 1. The average Bonchev–Trinajstić information content (AvgIpc) is 2.44. The molecule has 0 fully saturated rings. The standard InChI is InChI=1S/C14H14O6/c1-2-6-19-13-12(16)10-4-3-9(18-7-5-15)8-11(10)20-14(13)17/h2-4,6,8,15-16H,5,7H2,1H3/b6-2-. The van der Waals surface area contributed by atoms with Crippen molar-refractivity contribution in [3.05, 3.63) is 41.0 Å². The van der Waals surface area contributed by atoms with Crippen LogP contribution in [0.4, 0.5) is 0 Å². The third kappa shape index (κ3) is 2.75. The Morgan fingerprint density at radius 1 is 1.40 bits per heavy atom. The molecule has 2 aromatic rings. The van der Waals surface area contributed by atoms with Gasteiger partial charge < -0.3 is 24.1 Å². The fraction of sp³-hybridized carbons (Fsp3) is 0.214. The van der Waals surface area contributed by atoms with E-state index in [0.717, 1.165) is 0 Å². The number of ether oxygens (including phenoxy) is 2. The van der Waals surface area contributed by atoms with Crippen LogP contribution >= 0.6 is 0 Å². The molecule has 0 amide bonds. The predicted molar refractivity (Wildman–Crippen MR) is 72.2 cm³/mol. The van der Waals surface area contributed by atoms with Crippen LogP contribution in [0.3, 0.4) is 0 Å². The smallest absolute Gasteiger partial charge is 0.383 e. The van der Waals surface area contributed by atoms with Crippen molar-refractivity contribution in [1.82, 2.24) is 0 Å². The molecule has 6 nitrogen and oxygen atoms in total. The van der Waals surface area contributed by atoms with Gasteiger partial charge in [-0.3, -0.25) is 0 Å². The van der Waals surface area contributed by atoms with Crippen molar-refractivity contribution < 1.29 is 24.1 Å². The van der Waals surface area contributed by atoms with Crippen molar-refractivity contribution in [1.29, 1.82) is 0 Å². The molecule has 1 aromatic carbocycles. The third-order valence-electron chi connectivity index (χ3n) is 2.49. The molecule has 1 heterocycles. The summed E-state index contributed by atoms with van der Waals surface area (Å²) < 4.78 is 15.3. The number of fused-ring (bicyclic) bond motifs is 1. The Hall–Kier alpha value is -2.47. The molecule has 0 saturated heterocycles. The Kier molecular flexibility index (Phi) is 4.27. The summed E-state index contributed by atoms with van der Waals surface area (Å²) in [6, 6.07) is 4.60. The van der Waals surface area contributed by atoms with Gasteiger partial charge in [0, 0.05) is 6.07 Å². The monoisotopic (exact) mass is 278 g/mol. The Balaban J connectivity index is 2.49. The molecule has 2 N–H and O–H groups in total. The molecule has 0 aliphatic heterocycles. The van der Waals surface area contributed by atoms with Gasteiger partial charge >= 0.3 is 5.63 Å². The van der Waals surface area contributed by atoms with Crippen molar-refractivity contribution in [2.75, 3.05) is 13.2 Å². The molecule has 1 aromatic heterocycles. The van der Waals surface area contributed by atoms with Crippen LogP contribution in [0.25, 0.3) is 11.0 Å². The average molecular weight is 278 g/mol. The normalized spacial score (nSPS) is 11.1. The molecule has 6 heteroatoms. The summed E-state index contributed by atoms with van der Waals surface area (Å²) >= 11 is 0. The second-order valence-corrected chi connectivity index (χ2v) is 3.88. The van der Waals surface area contributed by atoms with Gasteiger partial charge in [-0.1, -0.05) is 6.08 Å². The molecule has 2 rings (SSSR count). The van der Waals surface area contributed by atoms with Crippen LogP contribution < -0.4 is 15.1 Å². The zero-order valence-electron chi connectivity index (χ0n) is 10.8. The minimum atomic E-state index is -0.785. The van der Waals surface area contributed by atoms with E-state index in [2.05, 4.69) is 0 Å². The lowest BCUT2D eigenvalue weighted by Gasteiger charge is -2.07. The Morgan fingerprint density at radius 3 is 2.90 bits per heavy atom. The first kappa shape index (κ1) is 14.0. The van der Waals surface area contributed by atoms with Gasteiger partial charge in [0.25, 0.3) is 5.75 Å². The molecule has 0 spiro atoms. The van der Waals surface area contributed by atoms with E-state index in [0.29, 0.717) is 11.1 Å². The Morgan fingerprint density at radius 2 is 2.20 bits per heavy atom. The highest BCUT2D eigenvalue weighted by Crippen LogP contribution is 2.33. The molecule has 0 bridgehead atoms. The van der Waals surface area contributed by atoms with Crippen molar-refractivity contribution in [3.63, 3.8) is 0 Å². The van der Waals surface area contributed by atoms with Gasteiger partial charge in [0.05, 0.1) is 18.3 Å². The van der Waals surface area contributed by atoms with Crippen LogP contribution in [0.1, 0.15) is 6.92 Å². The van der Waals surface area contributed by atoms with E-state index in [4.69, 9.17) is 19.0 Å². The molecule has 106 valence electrons. The summed E-state index contributed by atoms with van der Waals surface area (Å²) in [5.74, 6) is -0.126. The molecule has 0 radical (unpaired) electrons. The lowest BCUT2D eigenvalue weighted by Crippen LogP contribution is -2.04. The maximum atomic E-state index is 11.7. The van der Waals surface area contributed by atoms with Gasteiger partial charge in [0.2, 0.25) is 0 Å². The van der Waals surface area contributed by atoms with E-state index >= 15 is 0 Å². The lowest BCUT2D eigenvalue weighted by molar-refractivity contribution is 0.201. The van der Waals surface area contributed by atoms with Gasteiger partial charge in [0.1, 0.15) is 17.9 Å². The number of hydrogen-bond donors (Lipinski definition) is 2. The van der Waals surface area contributed by atoms with Gasteiger partial charge in [-0.25, -0.2) is 4.79 Å². The maximum absolute atomic E-state index is 11.7. The van der Waals surface area contributed by atoms with Gasteiger partial charge in [-0.05, 0) is 19.1 Å². The van der Waals surface area contributed by atoms with E-state index in [9.17, 15) is 9.90 Å². The summed E-state index contributed by atoms with van der Waals surface area (Å²) in [5, 5.41) is 19.0. The molecule has 20 heavy (non-hydrogen) atoms. The first-order valence-electron chi connectivity index (χ1n) is 5.98. The van der Waals surface area contributed by atoms with Crippen LogP contribution in [0.5, 0.6) is 17.2 Å². The zero-order chi connectivity index (χ0) is 14.5. The van der Waals surface area contributed by atoms with Crippen LogP contribution in [-0.4, -0.2) is 23.4 Å². The van der Waals surface area contributed by atoms with Gasteiger partial charge in [-0.15, -0.1) is 0 Å². The Bertz CT molecular complexity index is 686. The fourth-order valence-electron chi connectivity index (χ4n) is 1.64. The van der Waals surface area contributed by atoms with E-state index in [1.807, 2.05) is 0 Å². The van der Waals surface area contributed by atoms with E-state index in [1.165, 1.54) is 12.3 Å². The first-order chi connectivity index (χ1) is 9.67. The highest BCUT2D eigenvalue weighted by atomic mass is 16.5. The quantitative estimate of drug-likeness (QED) is 0.640. The number of aliphatic hydroxyl groups excluding tert-OH is 1. The number of rotatable bonds is 5. The second kappa shape index (κ2) is 6.12. The van der Waals surface area contributed by atoms with Crippen LogP contribution in [0.15, 0.2) is 39.7 Å². The van der Waals surface area contributed by atoms with Crippen LogP contribution in [0.2, 0.25) is 0 Å². The number of hydrogen-bond acceptors (Lipinski definition) is 6. The molecule has 0 saturated carbocycles. The molecule has 0 aliphatic rings. The largest absolute Gasteiger partial charge is 0.504 e. The highest BCUT2D eigenvalue weighted by molar-refractivity contribution is 5.86. The summed E-state index contributed by atoms with van der Waals surface area (Å²) in [5.41, 5.74) is -0.608. The van der Waals surface area contributed by atoms with E-state index < -0.39 is 5.63 Å². The first-order valence-corrected chi connectivity index (χ1v) is 5.98. The maximum Gasteiger partial charge on any atom is 0.383 e. The zero-order valence-corrected chi connectivity index (χ0v) is 10.8. The molecule has 0 aliphatic carbocycles. The lowest BCUT2D eigenvalue weighted by atomic mass is 10.2. The number of allylic oxidation sites excluding steroid dienone is 1. The number of aliphatic hydroxyl groups is 1. The molecular formula is C14H14O6. The van der Waals surface area contributed by atoms with Crippen LogP contribution in [0, 0.1) is 0 Å². The summed E-state index contributed by atoms with van der Waals surface area (Å²) in [4.78, 5) is 11.7. The summed E-state index contributed by atoms with van der Waals surface area (Å²) in [6.45, 7) is 1.72. The van der Waals surface area contributed by atoms with Crippen molar-refractivity contribution >= 4 is 11.0 Å². The van der Waals surface area contributed by atoms with E-state index in [-0.39, 0.29) is 30.3 Å². The van der Waals surface area contributed by atoms with Gasteiger partial charge in [-0.2, -0.15) is 0 Å². The topological polar surface area (TPSA) is 89.1 Å². The van der Waals surface area contributed by atoms with Gasteiger partial charge in [0.15, 0.2) is 5.75 Å². The highest BCUT2D eigenvalue weighted by Gasteiger charge is 2.15. The van der Waals surface area contributed by atoms with E-state index in [1.54, 1.807) is 25.1 Å². The third-order valence-corrected chi connectivity index (χ3v) is 2.49. The minimum Gasteiger partial charge on any atom is -0.504 e. The van der Waals surface area contributed by atoms with Crippen molar-refractivity contribution in [3.8, 4) is 17.2 Å². The summed E-state index contributed by atoms with van der Waals surface area (Å²) in [6.07, 6.45) is 2.85. The predicted octanol–water partition coefficient (Wildman–Crippen LogP) is 1.78. The van der Waals surface area contributed by atoms with Crippen LogP contribution in [-0.2, 0) is 0 Å². The number of benzene rings is 1. The molecule has 0 atom stereocenters. The fourth-order valence-corrected chi connectivity index (χ4v) is 1.64. The Labute approximate surface area is 114 Å². The summed E-state index contributed by atoms with van der Waals surface area (Å²) in [7, 11) is 0. The minimum absolute atomic E-state index is 0.122. The molecular weight excluding hydrogens is 264 g/mol. The van der Waals surface area contributed by atoms with Crippen molar-refractivity contribution in [2.24, 2.45) is 0 Å². The SMILES string of the molecule is C/C=C\Oc1c(O)c2ccc(OCCO)cc2oc1=O. The molecule has 0 unspecified atom stereocenters. The second-order valence-electron chi connectivity index (χ2n) is 3.88. The van der Waals surface area contributed by atoms with Crippen molar-refractivity contribution in [2.45, 2.75) is 6.92 Å².